The zero-order valence-electron chi connectivity index (χ0n) is 10.1. The molecule has 0 aliphatic rings. The Labute approximate surface area is 102 Å². The lowest BCUT2D eigenvalue weighted by atomic mass is 9.97. The lowest BCUT2D eigenvalue weighted by Gasteiger charge is -2.18. The maximum absolute atomic E-state index is 13.8. The molecule has 0 radical (unpaired) electrons. The van der Waals surface area contributed by atoms with E-state index in [1.807, 2.05) is 7.05 Å². The summed E-state index contributed by atoms with van der Waals surface area (Å²) in [7, 11) is 1.85. The molecule has 90 valence electrons. The van der Waals surface area contributed by atoms with Crippen molar-refractivity contribution in [1.82, 2.24) is 5.32 Å². The average Bonchev–Trinajstić information content (AvgIpc) is 2.24. The quantitative estimate of drug-likeness (QED) is 0.818. The Morgan fingerprint density at radius 2 is 2.00 bits per heavy atom. The van der Waals surface area contributed by atoms with E-state index in [2.05, 4.69) is 19.2 Å². The molecule has 1 atom stereocenters. The molecule has 0 saturated heterocycles. The predicted molar refractivity (Wildman–Crippen MR) is 67.3 cm³/mol. The zero-order valence-corrected chi connectivity index (χ0v) is 10.8. The summed E-state index contributed by atoms with van der Waals surface area (Å²) in [5.41, 5.74) is 0.663. The number of hydrogen-bond acceptors (Lipinski definition) is 1. The Morgan fingerprint density at radius 1 is 1.31 bits per heavy atom. The van der Waals surface area contributed by atoms with Gasteiger partial charge in [-0.2, -0.15) is 0 Å². The van der Waals surface area contributed by atoms with E-state index >= 15 is 0 Å². The minimum Gasteiger partial charge on any atom is -0.313 e. The number of hydrogen-bond donors (Lipinski definition) is 1. The van der Waals surface area contributed by atoms with Crippen LogP contribution in [-0.4, -0.2) is 7.05 Å². The van der Waals surface area contributed by atoms with Crippen molar-refractivity contribution < 1.29 is 4.39 Å². The van der Waals surface area contributed by atoms with Gasteiger partial charge in [-0.3, -0.25) is 0 Å². The Hall–Kier alpha value is -0.600. The maximum Gasteiger partial charge on any atom is 0.146 e. The van der Waals surface area contributed by atoms with Crippen LogP contribution in [0.1, 0.15) is 38.3 Å². The van der Waals surface area contributed by atoms with Gasteiger partial charge in [-0.1, -0.05) is 37.6 Å². The topological polar surface area (TPSA) is 12.0 Å². The van der Waals surface area contributed by atoms with Gasteiger partial charge < -0.3 is 5.32 Å². The molecule has 0 fully saturated rings. The van der Waals surface area contributed by atoms with Crippen LogP contribution in [0.15, 0.2) is 18.2 Å². The molecular weight excluding hydrogens is 225 g/mol. The van der Waals surface area contributed by atoms with Crippen molar-refractivity contribution in [3.05, 3.63) is 34.6 Å². The highest BCUT2D eigenvalue weighted by Crippen LogP contribution is 2.26. The molecule has 16 heavy (non-hydrogen) atoms. The van der Waals surface area contributed by atoms with Gasteiger partial charge in [-0.15, -0.1) is 0 Å². The minimum absolute atomic E-state index is 0.0427. The first kappa shape index (κ1) is 13.5. The Kier molecular flexibility index (Phi) is 5.23. The zero-order chi connectivity index (χ0) is 12.1. The van der Waals surface area contributed by atoms with E-state index in [0.717, 1.165) is 12.8 Å². The van der Waals surface area contributed by atoms with Gasteiger partial charge in [-0.25, -0.2) is 4.39 Å². The second-order valence-electron chi connectivity index (χ2n) is 4.46. The van der Waals surface area contributed by atoms with Gasteiger partial charge in [0.25, 0.3) is 0 Å². The predicted octanol–water partition coefficient (Wildman–Crippen LogP) is 4.18. The van der Waals surface area contributed by atoms with Gasteiger partial charge in [0.1, 0.15) is 5.82 Å². The van der Waals surface area contributed by atoms with Gasteiger partial charge >= 0.3 is 0 Å². The van der Waals surface area contributed by atoms with Gasteiger partial charge in [0, 0.05) is 11.6 Å². The van der Waals surface area contributed by atoms with Crippen LogP contribution < -0.4 is 5.32 Å². The molecule has 0 amide bonds. The third-order valence-electron chi connectivity index (χ3n) is 2.74. The molecule has 1 unspecified atom stereocenters. The summed E-state index contributed by atoms with van der Waals surface area (Å²) in [6.45, 7) is 4.34. The van der Waals surface area contributed by atoms with Crippen molar-refractivity contribution in [2.75, 3.05) is 7.05 Å². The normalized spacial score (nSPS) is 13.1. The number of rotatable bonds is 5. The fraction of sp³-hybridized carbons (Fsp3) is 0.538. The van der Waals surface area contributed by atoms with E-state index in [4.69, 9.17) is 11.6 Å². The number of benzene rings is 1. The number of halogens is 2. The Morgan fingerprint density at radius 3 is 2.56 bits per heavy atom. The van der Waals surface area contributed by atoms with Crippen molar-refractivity contribution in [2.45, 2.75) is 32.7 Å². The molecule has 1 aromatic rings. The third-order valence-corrected chi connectivity index (χ3v) is 3.03. The van der Waals surface area contributed by atoms with E-state index < -0.39 is 0 Å². The van der Waals surface area contributed by atoms with E-state index in [9.17, 15) is 4.39 Å². The summed E-state index contributed by atoms with van der Waals surface area (Å²) in [6.07, 6.45) is 1.99. The van der Waals surface area contributed by atoms with Crippen molar-refractivity contribution in [2.24, 2.45) is 5.92 Å². The molecule has 0 aliphatic carbocycles. The van der Waals surface area contributed by atoms with Crippen LogP contribution in [0.4, 0.5) is 4.39 Å². The van der Waals surface area contributed by atoms with Crippen molar-refractivity contribution in [1.29, 1.82) is 0 Å². The van der Waals surface area contributed by atoms with Crippen LogP contribution in [0.2, 0.25) is 5.02 Å². The smallest absolute Gasteiger partial charge is 0.146 e. The van der Waals surface area contributed by atoms with Crippen LogP contribution in [0.25, 0.3) is 0 Å². The van der Waals surface area contributed by atoms with Crippen molar-refractivity contribution in [3.63, 3.8) is 0 Å². The molecule has 1 N–H and O–H groups in total. The van der Waals surface area contributed by atoms with E-state index in [-0.39, 0.29) is 16.9 Å². The standard InChI is InChI=1S/C13H19ClFN/c1-9(2)7-8-12(16-3)10-5-4-6-11(14)13(10)15/h4-6,9,12,16H,7-8H2,1-3H3. The van der Waals surface area contributed by atoms with Gasteiger partial charge in [-0.05, 0) is 31.9 Å². The molecule has 0 spiro atoms. The lowest BCUT2D eigenvalue weighted by molar-refractivity contribution is 0.449. The lowest BCUT2D eigenvalue weighted by Crippen LogP contribution is -2.18. The largest absolute Gasteiger partial charge is 0.313 e. The second kappa shape index (κ2) is 6.21. The second-order valence-corrected chi connectivity index (χ2v) is 4.86. The summed E-state index contributed by atoms with van der Waals surface area (Å²) >= 11 is 5.77. The van der Waals surface area contributed by atoms with E-state index in [0.29, 0.717) is 11.5 Å². The van der Waals surface area contributed by atoms with Crippen molar-refractivity contribution in [3.8, 4) is 0 Å². The summed E-state index contributed by atoms with van der Waals surface area (Å²) in [4.78, 5) is 0. The van der Waals surface area contributed by atoms with Gasteiger partial charge in [0.05, 0.1) is 5.02 Å². The highest BCUT2D eigenvalue weighted by atomic mass is 35.5. The van der Waals surface area contributed by atoms with Crippen LogP contribution in [-0.2, 0) is 0 Å². The van der Waals surface area contributed by atoms with Crippen LogP contribution in [0.5, 0.6) is 0 Å². The highest BCUT2D eigenvalue weighted by Gasteiger charge is 2.15. The molecule has 0 heterocycles. The number of nitrogens with one attached hydrogen (secondary N) is 1. The van der Waals surface area contributed by atoms with Crippen LogP contribution in [0.3, 0.4) is 0 Å². The molecule has 0 aromatic heterocycles. The van der Waals surface area contributed by atoms with E-state index in [1.54, 1.807) is 18.2 Å². The SMILES string of the molecule is CNC(CCC(C)C)c1cccc(Cl)c1F. The highest BCUT2D eigenvalue weighted by molar-refractivity contribution is 6.30. The first-order valence-electron chi connectivity index (χ1n) is 5.67. The maximum atomic E-state index is 13.8. The summed E-state index contributed by atoms with van der Waals surface area (Å²) < 4.78 is 13.8. The third kappa shape index (κ3) is 3.46. The summed E-state index contributed by atoms with van der Waals surface area (Å²) in [5, 5.41) is 3.34. The molecule has 1 aromatic carbocycles. The monoisotopic (exact) mass is 243 g/mol. The average molecular weight is 244 g/mol. The first-order valence-corrected chi connectivity index (χ1v) is 6.05. The summed E-state index contributed by atoms with van der Waals surface area (Å²) in [5.74, 6) is 0.324. The minimum atomic E-state index is -0.299. The summed E-state index contributed by atoms with van der Waals surface area (Å²) in [6, 6.07) is 5.21. The molecule has 1 rings (SSSR count). The van der Waals surface area contributed by atoms with Crippen LogP contribution in [0, 0.1) is 11.7 Å². The van der Waals surface area contributed by atoms with Gasteiger partial charge in [0.15, 0.2) is 0 Å². The van der Waals surface area contributed by atoms with E-state index in [1.165, 1.54) is 0 Å². The molecule has 0 aliphatic heterocycles. The molecular formula is C13H19ClFN. The Balaban J connectivity index is 2.82. The van der Waals surface area contributed by atoms with Gasteiger partial charge in [0.2, 0.25) is 0 Å². The molecule has 0 bridgehead atoms. The molecule has 1 nitrogen and oxygen atoms in total. The fourth-order valence-electron chi connectivity index (χ4n) is 1.74. The van der Waals surface area contributed by atoms with Crippen molar-refractivity contribution >= 4 is 11.6 Å². The molecule has 0 saturated carbocycles. The Bertz CT molecular complexity index is 339. The fourth-order valence-corrected chi connectivity index (χ4v) is 1.93. The molecule has 3 heteroatoms. The van der Waals surface area contributed by atoms with Crippen LogP contribution >= 0.6 is 11.6 Å². The first-order chi connectivity index (χ1) is 7.56.